The van der Waals surface area contributed by atoms with Gasteiger partial charge in [-0.05, 0) is 48.9 Å². The summed E-state index contributed by atoms with van der Waals surface area (Å²) in [5.74, 6) is -0.810. The van der Waals surface area contributed by atoms with Crippen LogP contribution in [0.3, 0.4) is 0 Å². The number of carbonyl (C=O) groups is 2. The Morgan fingerprint density at radius 3 is 2.50 bits per heavy atom. The highest BCUT2D eigenvalue weighted by Gasteiger charge is 2.22. The highest BCUT2D eigenvalue weighted by molar-refractivity contribution is 5.99. The van der Waals surface area contributed by atoms with Crippen molar-refractivity contribution in [2.75, 3.05) is 7.05 Å². The number of aromatic nitrogens is 1. The Bertz CT molecular complexity index is 990. The quantitative estimate of drug-likeness (QED) is 0.638. The van der Waals surface area contributed by atoms with Crippen molar-refractivity contribution in [1.82, 2.24) is 15.2 Å². The number of benzene rings is 1. The molecule has 3 N–H and O–H groups in total. The van der Waals surface area contributed by atoms with Crippen molar-refractivity contribution < 1.29 is 9.59 Å². The first kappa shape index (κ1) is 23.1. The molecular weight excluding hydrogens is 380 g/mol. The van der Waals surface area contributed by atoms with E-state index in [1.807, 2.05) is 39.0 Å². The van der Waals surface area contributed by atoms with Crippen LogP contribution in [0.25, 0.3) is 0 Å². The summed E-state index contributed by atoms with van der Waals surface area (Å²) >= 11 is 0. The number of pyridine rings is 1. The predicted octanol–water partition coefficient (Wildman–Crippen LogP) is 2.87. The topological polar surface area (TPSA) is 104 Å². The fourth-order valence-corrected chi connectivity index (χ4v) is 3.21. The molecule has 3 rings (SSSR count). The number of nitrogens with one attached hydrogen (secondary N) is 3. The van der Waals surface area contributed by atoms with E-state index in [1.54, 1.807) is 0 Å². The van der Waals surface area contributed by atoms with E-state index in [2.05, 4.69) is 10.6 Å². The maximum atomic E-state index is 12.8. The van der Waals surface area contributed by atoms with E-state index in [0.717, 1.165) is 36.0 Å². The van der Waals surface area contributed by atoms with Crippen molar-refractivity contribution in [3.63, 3.8) is 0 Å². The van der Waals surface area contributed by atoms with Gasteiger partial charge in [0.05, 0.1) is 12.1 Å². The minimum Gasteiger partial charge on any atom is -0.355 e. The molecule has 2 aromatic rings. The van der Waals surface area contributed by atoms with E-state index in [0.29, 0.717) is 0 Å². The summed E-state index contributed by atoms with van der Waals surface area (Å²) in [6.45, 7) is 6.09. The molecular formula is C23H30N4O3. The van der Waals surface area contributed by atoms with E-state index >= 15 is 0 Å². The molecule has 0 aliphatic heterocycles. The Morgan fingerprint density at radius 1 is 1.23 bits per heavy atom. The molecule has 1 aromatic carbocycles. The monoisotopic (exact) mass is 410 g/mol. The van der Waals surface area contributed by atoms with Gasteiger partial charge in [0.1, 0.15) is 5.56 Å². The van der Waals surface area contributed by atoms with Crippen LogP contribution in [0.2, 0.25) is 0 Å². The van der Waals surface area contributed by atoms with Crippen LogP contribution in [-0.4, -0.2) is 35.7 Å². The van der Waals surface area contributed by atoms with Gasteiger partial charge in [-0.2, -0.15) is 0 Å². The fraction of sp³-hybridized carbons (Fsp3) is 0.391. The van der Waals surface area contributed by atoms with Gasteiger partial charge in [-0.25, -0.2) is 0 Å². The zero-order valence-corrected chi connectivity index (χ0v) is 18.0. The van der Waals surface area contributed by atoms with E-state index in [4.69, 9.17) is 5.41 Å². The lowest BCUT2D eigenvalue weighted by Gasteiger charge is -2.26. The second-order valence-electron chi connectivity index (χ2n) is 7.03. The zero-order valence-electron chi connectivity index (χ0n) is 18.0. The lowest BCUT2D eigenvalue weighted by atomic mass is 9.93. The van der Waals surface area contributed by atoms with E-state index < -0.39 is 11.5 Å². The minimum absolute atomic E-state index is 0.0652. The molecule has 7 nitrogen and oxygen atoms in total. The van der Waals surface area contributed by atoms with E-state index in [-0.39, 0.29) is 29.6 Å². The van der Waals surface area contributed by atoms with Crippen molar-refractivity contribution in [3.05, 3.63) is 68.6 Å². The van der Waals surface area contributed by atoms with Gasteiger partial charge in [0.15, 0.2) is 0 Å². The molecule has 0 unspecified atom stereocenters. The van der Waals surface area contributed by atoms with Crippen molar-refractivity contribution in [2.45, 2.75) is 52.6 Å². The van der Waals surface area contributed by atoms with E-state index in [1.165, 1.54) is 30.1 Å². The van der Waals surface area contributed by atoms with Gasteiger partial charge >= 0.3 is 0 Å². The highest BCUT2D eigenvalue weighted by atomic mass is 16.2. The van der Waals surface area contributed by atoms with Crippen LogP contribution in [0.1, 0.15) is 70.5 Å². The van der Waals surface area contributed by atoms with Gasteiger partial charge in [0.2, 0.25) is 0 Å². The number of carbonyl (C=O) groups excluding carboxylic acids is 2. The van der Waals surface area contributed by atoms with Crippen LogP contribution >= 0.6 is 0 Å². The summed E-state index contributed by atoms with van der Waals surface area (Å²) in [6, 6.07) is 7.03. The van der Waals surface area contributed by atoms with Crippen LogP contribution in [0, 0.1) is 12.3 Å². The SMILES string of the molecule is CC.CNC(=O)c1cc(C(=O)NC2CCC2)cn(Cc2cccc(C=N)c2C)c1=O. The normalized spacial score (nSPS) is 12.8. The average Bonchev–Trinajstić information content (AvgIpc) is 2.74. The lowest BCUT2D eigenvalue weighted by Crippen LogP contribution is -2.40. The molecule has 0 radical (unpaired) electrons. The lowest BCUT2D eigenvalue weighted by molar-refractivity contribution is 0.0916. The molecule has 2 amide bonds. The van der Waals surface area contributed by atoms with Gasteiger partial charge in [-0.1, -0.05) is 32.0 Å². The summed E-state index contributed by atoms with van der Waals surface area (Å²) in [5.41, 5.74) is 2.25. The standard InChI is InChI=1S/C21H24N4O3.C2H6/c1-13-14(10-22)5-3-6-15(13)11-25-12-16(19(26)24-17-7-4-8-17)9-18(21(25)28)20(27)23-2;1-2/h3,5-6,9-10,12,17,22H,4,7-8,11H2,1-2H3,(H,23,27)(H,24,26);1-2H3. The molecule has 7 heteroatoms. The van der Waals surface area contributed by atoms with Gasteiger partial charge in [0, 0.05) is 25.5 Å². The molecule has 1 aromatic heterocycles. The molecule has 1 aliphatic rings. The summed E-state index contributed by atoms with van der Waals surface area (Å²) in [5, 5.41) is 12.9. The second kappa shape index (κ2) is 10.5. The van der Waals surface area contributed by atoms with E-state index in [9.17, 15) is 14.4 Å². The third-order valence-electron chi connectivity index (χ3n) is 5.24. The number of nitrogens with zero attached hydrogens (tertiary/aromatic N) is 1. The maximum Gasteiger partial charge on any atom is 0.263 e. The van der Waals surface area contributed by atoms with Gasteiger partial charge in [-0.3, -0.25) is 14.4 Å². The van der Waals surface area contributed by atoms with Gasteiger partial charge in [-0.15, -0.1) is 0 Å². The number of rotatable bonds is 6. The van der Waals surface area contributed by atoms with Crippen LogP contribution in [0.4, 0.5) is 0 Å². The number of hydrogen-bond acceptors (Lipinski definition) is 4. The minimum atomic E-state index is -0.526. The Labute approximate surface area is 177 Å². The molecule has 0 saturated heterocycles. The Kier molecular flexibility index (Phi) is 8.09. The molecule has 1 saturated carbocycles. The molecule has 0 atom stereocenters. The van der Waals surface area contributed by atoms with Crippen molar-refractivity contribution in [3.8, 4) is 0 Å². The Balaban J connectivity index is 0.00000155. The third kappa shape index (κ3) is 5.03. The molecule has 0 bridgehead atoms. The zero-order chi connectivity index (χ0) is 22.3. The van der Waals surface area contributed by atoms with Crippen LogP contribution in [0.5, 0.6) is 0 Å². The molecule has 0 spiro atoms. The first-order chi connectivity index (χ1) is 14.4. The summed E-state index contributed by atoms with van der Waals surface area (Å²) in [6.07, 6.45) is 5.75. The fourth-order valence-electron chi connectivity index (χ4n) is 3.21. The number of hydrogen-bond donors (Lipinski definition) is 3. The largest absolute Gasteiger partial charge is 0.355 e. The first-order valence-electron chi connectivity index (χ1n) is 10.3. The van der Waals surface area contributed by atoms with Crippen molar-refractivity contribution >= 4 is 18.0 Å². The van der Waals surface area contributed by atoms with Crippen molar-refractivity contribution in [2.24, 2.45) is 0 Å². The van der Waals surface area contributed by atoms with Crippen molar-refractivity contribution in [1.29, 1.82) is 5.41 Å². The second-order valence-corrected chi connectivity index (χ2v) is 7.03. The smallest absolute Gasteiger partial charge is 0.263 e. The highest BCUT2D eigenvalue weighted by Crippen LogP contribution is 2.19. The molecule has 1 fully saturated rings. The van der Waals surface area contributed by atoms with Gasteiger partial charge in [0.25, 0.3) is 17.4 Å². The molecule has 30 heavy (non-hydrogen) atoms. The third-order valence-corrected chi connectivity index (χ3v) is 5.24. The predicted molar refractivity (Wildman–Crippen MR) is 119 cm³/mol. The number of amides is 2. The summed E-state index contributed by atoms with van der Waals surface area (Å²) in [7, 11) is 1.45. The van der Waals surface area contributed by atoms with Gasteiger partial charge < -0.3 is 20.6 Å². The Hall–Kier alpha value is -3.22. The molecule has 1 heterocycles. The summed E-state index contributed by atoms with van der Waals surface area (Å²) in [4.78, 5) is 37.6. The van der Waals surface area contributed by atoms with Crippen LogP contribution in [-0.2, 0) is 6.54 Å². The summed E-state index contributed by atoms with van der Waals surface area (Å²) < 4.78 is 1.39. The first-order valence-corrected chi connectivity index (χ1v) is 10.3. The Morgan fingerprint density at radius 2 is 1.93 bits per heavy atom. The maximum absolute atomic E-state index is 12.8. The average molecular weight is 411 g/mol. The molecule has 1 aliphatic carbocycles. The van der Waals surface area contributed by atoms with Crippen LogP contribution < -0.4 is 16.2 Å². The van der Waals surface area contributed by atoms with Crippen LogP contribution in [0.15, 0.2) is 35.3 Å². The molecule has 160 valence electrons.